The fourth-order valence-corrected chi connectivity index (χ4v) is 3.24. The van der Waals surface area contributed by atoms with Crippen LogP contribution in [0.4, 0.5) is 0 Å². The molecule has 0 saturated carbocycles. The molecule has 1 aromatic heterocycles. The number of hydrogen-bond donors (Lipinski definition) is 1. The molecule has 1 rings (SSSR count). The molecule has 0 bridgehead atoms. The molecule has 0 aliphatic heterocycles. The molecule has 3 heteroatoms. The third-order valence-corrected chi connectivity index (χ3v) is 4.75. The van der Waals surface area contributed by atoms with Crippen LogP contribution in [0.3, 0.4) is 0 Å². The van der Waals surface area contributed by atoms with E-state index in [1.807, 2.05) is 11.3 Å². The van der Waals surface area contributed by atoms with Gasteiger partial charge in [0.05, 0.1) is 3.79 Å². The van der Waals surface area contributed by atoms with E-state index in [2.05, 4.69) is 61.2 Å². The zero-order valence-electron chi connectivity index (χ0n) is 9.88. The maximum absolute atomic E-state index is 3.51. The fourth-order valence-electron chi connectivity index (χ4n) is 1.69. The van der Waals surface area contributed by atoms with Crippen molar-refractivity contribution in [1.29, 1.82) is 0 Å². The van der Waals surface area contributed by atoms with Gasteiger partial charge in [-0.2, -0.15) is 0 Å². The molecule has 1 N–H and O–H groups in total. The van der Waals surface area contributed by atoms with E-state index in [1.165, 1.54) is 8.66 Å². The summed E-state index contributed by atoms with van der Waals surface area (Å²) in [5, 5.41) is 3.43. The summed E-state index contributed by atoms with van der Waals surface area (Å²) in [6.07, 6.45) is 1.13. The molecular formula is C12H20BrNS. The summed E-state index contributed by atoms with van der Waals surface area (Å²) in [6, 6.07) is 4.93. The van der Waals surface area contributed by atoms with E-state index in [9.17, 15) is 0 Å². The highest BCUT2D eigenvalue weighted by Gasteiger charge is 2.19. The Bertz CT molecular complexity index is 296. The first kappa shape index (κ1) is 13.2. The number of likely N-dealkylation sites (N-methyl/N-ethyl adjacent to an activating group) is 1. The Morgan fingerprint density at radius 1 is 1.33 bits per heavy atom. The first-order chi connectivity index (χ1) is 7.04. The van der Waals surface area contributed by atoms with Gasteiger partial charge in [-0.15, -0.1) is 11.3 Å². The Balaban J connectivity index is 2.61. The SMILES string of the molecule is CNC(Cc1ccc(Br)s1)C(C)C(C)C. The van der Waals surface area contributed by atoms with Crippen molar-refractivity contribution in [3.8, 4) is 0 Å². The smallest absolute Gasteiger partial charge is 0.0701 e. The number of thiophene rings is 1. The van der Waals surface area contributed by atoms with E-state index in [4.69, 9.17) is 0 Å². The highest BCUT2D eigenvalue weighted by atomic mass is 79.9. The van der Waals surface area contributed by atoms with Crippen molar-refractivity contribution in [2.75, 3.05) is 7.05 Å². The van der Waals surface area contributed by atoms with Crippen LogP contribution in [0, 0.1) is 11.8 Å². The third kappa shape index (κ3) is 3.89. The maximum atomic E-state index is 3.51. The van der Waals surface area contributed by atoms with Gasteiger partial charge in [-0.25, -0.2) is 0 Å². The van der Waals surface area contributed by atoms with Gasteiger partial charge in [-0.3, -0.25) is 0 Å². The zero-order chi connectivity index (χ0) is 11.4. The second kappa shape index (κ2) is 6.02. The number of nitrogens with one attached hydrogen (secondary N) is 1. The molecule has 2 atom stereocenters. The summed E-state index contributed by atoms with van der Waals surface area (Å²) in [4.78, 5) is 1.45. The van der Waals surface area contributed by atoms with Gasteiger partial charge in [0, 0.05) is 10.9 Å². The van der Waals surface area contributed by atoms with Crippen LogP contribution < -0.4 is 5.32 Å². The van der Waals surface area contributed by atoms with Crippen molar-refractivity contribution in [3.05, 3.63) is 20.8 Å². The van der Waals surface area contributed by atoms with Gasteiger partial charge in [0.25, 0.3) is 0 Å². The quantitative estimate of drug-likeness (QED) is 0.866. The maximum Gasteiger partial charge on any atom is 0.0701 e. The molecule has 0 saturated heterocycles. The fraction of sp³-hybridized carbons (Fsp3) is 0.667. The van der Waals surface area contributed by atoms with Gasteiger partial charge < -0.3 is 5.32 Å². The zero-order valence-corrected chi connectivity index (χ0v) is 12.3. The minimum atomic E-state index is 0.579. The molecule has 2 unspecified atom stereocenters. The average molecular weight is 290 g/mol. The molecule has 0 fully saturated rings. The minimum absolute atomic E-state index is 0.579. The number of rotatable bonds is 5. The first-order valence-electron chi connectivity index (χ1n) is 5.46. The summed E-state index contributed by atoms with van der Waals surface area (Å²) in [7, 11) is 2.06. The monoisotopic (exact) mass is 289 g/mol. The predicted molar refractivity (Wildman–Crippen MR) is 72.6 cm³/mol. The Labute approximate surface area is 105 Å². The van der Waals surface area contributed by atoms with Crippen LogP contribution in [-0.4, -0.2) is 13.1 Å². The Kier molecular flexibility index (Phi) is 5.30. The van der Waals surface area contributed by atoms with Crippen molar-refractivity contribution in [1.82, 2.24) is 5.32 Å². The lowest BCUT2D eigenvalue weighted by atomic mass is 9.88. The first-order valence-corrected chi connectivity index (χ1v) is 7.07. The molecular weight excluding hydrogens is 270 g/mol. The minimum Gasteiger partial charge on any atom is -0.316 e. The highest BCUT2D eigenvalue weighted by Crippen LogP contribution is 2.25. The van der Waals surface area contributed by atoms with Gasteiger partial charge >= 0.3 is 0 Å². The summed E-state index contributed by atoms with van der Waals surface area (Å²) >= 11 is 5.35. The van der Waals surface area contributed by atoms with Crippen LogP contribution in [0.1, 0.15) is 25.6 Å². The average Bonchev–Trinajstić information content (AvgIpc) is 2.59. The van der Waals surface area contributed by atoms with Gasteiger partial charge in [0.2, 0.25) is 0 Å². The number of halogens is 1. The van der Waals surface area contributed by atoms with E-state index in [1.54, 1.807) is 0 Å². The lowest BCUT2D eigenvalue weighted by molar-refractivity contribution is 0.311. The number of hydrogen-bond acceptors (Lipinski definition) is 2. The molecule has 15 heavy (non-hydrogen) atoms. The molecule has 0 aliphatic rings. The molecule has 86 valence electrons. The van der Waals surface area contributed by atoms with Crippen LogP contribution in [0.2, 0.25) is 0 Å². The molecule has 0 aliphatic carbocycles. The third-order valence-electron chi connectivity index (χ3n) is 3.11. The second-order valence-corrected chi connectivity index (χ2v) is 6.96. The van der Waals surface area contributed by atoms with Crippen molar-refractivity contribution in [3.63, 3.8) is 0 Å². The molecule has 1 aromatic rings. The topological polar surface area (TPSA) is 12.0 Å². The van der Waals surface area contributed by atoms with Crippen molar-refractivity contribution in [2.24, 2.45) is 11.8 Å². The van der Waals surface area contributed by atoms with Crippen molar-refractivity contribution >= 4 is 27.3 Å². The van der Waals surface area contributed by atoms with E-state index in [0.717, 1.165) is 12.3 Å². The van der Waals surface area contributed by atoms with E-state index in [0.29, 0.717) is 12.0 Å². The van der Waals surface area contributed by atoms with Gasteiger partial charge in [-0.05, 0) is 53.4 Å². The Morgan fingerprint density at radius 3 is 2.40 bits per heavy atom. The van der Waals surface area contributed by atoms with Crippen LogP contribution in [-0.2, 0) is 6.42 Å². The Hall–Kier alpha value is 0.140. The lowest BCUT2D eigenvalue weighted by Crippen LogP contribution is -2.36. The van der Waals surface area contributed by atoms with Gasteiger partial charge in [0.1, 0.15) is 0 Å². The standard InChI is InChI=1S/C12H20BrNS/c1-8(2)9(3)11(14-4)7-10-5-6-12(13)15-10/h5-6,8-9,11,14H,7H2,1-4H3. The van der Waals surface area contributed by atoms with Crippen molar-refractivity contribution < 1.29 is 0 Å². The molecule has 1 nitrogen and oxygen atoms in total. The summed E-state index contributed by atoms with van der Waals surface area (Å²) in [5.41, 5.74) is 0. The molecule has 1 heterocycles. The van der Waals surface area contributed by atoms with Crippen molar-refractivity contribution in [2.45, 2.75) is 33.2 Å². The predicted octanol–water partition coefficient (Wildman–Crippen LogP) is 3.93. The second-order valence-electron chi connectivity index (χ2n) is 4.41. The lowest BCUT2D eigenvalue weighted by Gasteiger charge is -2.26. The summed E-state index contributed by atoms with van der Waals surface area (Å²) in [6.45, 7) is 6.91. The van der Waals surface area contributed by atoms with Crippen LogP contribution in [0.25, 0.3) is 0 Å². The van der Waals surface area contributed by atoms with Crippen LogP contribution in [0.5, 0.6) is 0 Å². The molecule has 0 aromatic carbocycles. The largest absolute Gasteiger partial charge is 0.316 e. The normalized spacial score (nSPS) is 15.6. The van der Waals surface area contributed by atoms with Crippen LogP contribution >= 0.6 is 27.3 Å². The summed E-state index contributed by atoms with van der Waals surface area (Å²) < 4.78 is 1.23. The van der Waals surface area contributed by atoms with Gasteiger partial charge in [-0.1, -0.05) is 20.8 Å². The molecule has 0 amide bonds. The summed E-state index contributed by atoms with van der Waals surface area (Å²) in [5.74, 6) is 1.43. The Morgan fingerprint density at radius 2 is 2.00 bits per heavy atom. The van der Waals surface area contributed by atoms with Crippen LogP contribution in [0.15, 0.2) is 15.9 Å². The van der Waals surface area contributed by atoms with E-state index in [-0.39, 0.29) is 0 Å². The highest BCUT2D eigenvalue weighted by molar-refractivity contribution is 9.11. The van der Waals surface area contributed by atoms with E-state index >= 15 is 0 Å². The molecule has 0 radical (unpaired) electrons. The molecule has 0 spiro atoms. The van der Waals surface area contributed by atoms with Gasteiger partial charge in [0.15, 0.2) is 0 Å². The van der Waals surface area contributed by atoms with E-state index < -0.39 is 0 Å².